The standard InChI is InChI=1S/C64H63BN2/c1-36-23-37(2)25-39(24-36)42-28-50-53-35-46(64(12,13)14)34-52-49-33-43(61(3,4)5)20-22-55(49)67(59(52)53)65-54-30-41(40-26-44(62(6,7)8)32-45(27-40)63(9,10)11)29-51-48-21-19-38-17-15-16-18-47(38)58(48)66(60(51)54)56(31-42)57(50)65/h15-35H,1-14H3. The molecule has 3 heteroatoms. The molecule has 12 rings (SSSR count). The SMILES string of the molecule is Cc1cc(C)cc(-c2cc3c4c(c2)-n2c5c(cc(-c6cc(C(C)(C)C)cc(C(C)(C)C)c6)cc5c5ccc6ccccc6c52)B4n2c4ccc(C(C)(C)C)cc4c4cc(C(C)(C)C)cc-3c42)c1. The molecule has 10 aromatic rings. The summed E-state index contributed by atoms with van der Waals surface area (Å²) in [5.41, 5.74) is 25.0. The van der Waals surface area contributed by atoms with Gasteiger partial charge in [-0.2, -0.15) is 0 Å². The van der Waals surface area contributed by atoms with E-state index in [4.69, 9.17) is 0 Å². The zero-order valence-electron chi connectivity index (χ0n) is 42.1. The minimum absolute atomic E-state index is 0.00673. The predicted octanol–water partition coefficient (Wildman–Crippen LogP) is 16.1. The number of hydrogen-bond acceptors (Lipinski definition) is 0. The van der Waals surface area contributed by atoms with Crippen molar-refractivity contribution in [1.82, 2.24) is 9.05 Å². The maximum Gasteiger partial charge on any atom is 0.333 e. The third-order valence-electron chi connectivity index (χ3n) is 15.5. The van der Waals surface area contributed by atoms with E-state index in [0.29, 0.717) is 0 Å². The Morgan fingerprint density at radius 3 is 1.64 bits per heavy atom. The molecule has 0 N–H and O–H groups in total. The molecule has 0 bridgehead atoms. The van der Waals surface area contributed by atoms with Crippen LogP contribution in [0.1, 0.15) is 116 Å². The van der Waals surface area contributed by atoms with Gasteiger partial charge in [0, 0.05) is 49.2 Å². The van der Waals surface area contributed by atoms with Crippen molar-refractivity contribution in [3.63, 3.8) is 0 Å². The molecule has 2 aromatic heterocycles. The smallest absolute Gasteiger partial charge is 0.333 e. The molecule has 0 aliphatic carbocycles. The molecule has 2 nitrogen and oxygen atoms in total. The second-order valence-electron chi connectivity index (χ2n) is 24.5. The van der Waals surface area contributed by atoms with Gasteiger partial charge in [0.25, 0.3) is 0 Å². The van der Waals surface area contributed by atoms with Crippen LogP contribution in [-0.2, 0) is 21.7 Å². The van der Waals surface area contributed by atoms with Gasteiger partial charge < -0.3 is 9.05 Å². The van der Waals surface area contributed by atoms with E-state index in [2.05, 4.69) is 233 Å². The van der Waals surface area contributed by atoms with E-state index < -0.39 is 0 Å². The van der Waals surface area contributed by atoms with Gasteiger partial charge in [0.15, 0.2) is 0 Å². The Morgan fingerprint density at radius 2 is 0.970 bits per heavy atom. The van der Waals surface area contributed by atoms with E-state index >= 15 is 0 Å². The van der Waals surface area contributed by atoms with Gasteiger partial charge in [0.05, 0.1) is 11.0 Å². The van der Waals surface area contributed by atoms with Gasteiger partial charge in [-0.15, -0.1) is 0 Å². The summed E-state index contributed by atoms with van der Waals surface area (Å²) >= 11 is 0. The van der Waals surface area contributed by atoms with Crippen LogP contribution in [0, 0.1) is 13.8 Å². The lowest BCUT2D eigenvalue weighted by Crippen LogP contribution is -2.55. The lowest BCUT2D eigenvalue weighted by molar-refractivity contribution is 0.569. The second kappa shape index (κ2) is 13.7. The summed E-state index contributed by atoms with van der Waals surface area (Å²) in [5.74, 6) is 0. The molecular formula is C64H63BN2. The summed E-state index contributed by atoms with van der Waals surface area (Å²) < 4.78 is 5.46. The molecular weight excluding hydrogens is 808 g/mol. The van der Waals surface area contributed by atoms with Gasteiger partial charge in [-0.25, -0.2) is 0 Å². The number of hydrogen-bond donors (Lipinski definition) is 0. The fourth-order valence-electron chi connectivity index (χ4n) is 11.8. The molecule has 2 aliphatic heterocycles. The van der Waals surface area contributed by atoms with Crippen molar-refractivity contribution >= 4 is 72.2 Å². The molecule has 0 saturated carbocycles. The van der Waals surface area contributed by atoms with Crippen LogP contribution < -0.4 is 10.9 Å². The number of rotatable bonds is 2. The Bertz CT molecular complexity index is 3750. The number of aryl methyl sites for hydroxylation is 2. The van der Waals surface area contributed by atoms with Crippen LogP contribution in [0.3, 0.4) is 0 Å². The van der Waals surface area contributed by atoms with E-state index in [1.165, 1.54) is 138 Å². The summed E-state index contributed by atoms with van der Waals surface area (Å²) in [6.07, 6.45) is 0. The van der Waals surface area contributed by atoms with Gasteiger partial charge in [-0.1, -0.05) is 179 Å². The zero-order chi connectivity index (χ0) is 47.0. The number of nitrogens with zero attached hydrogens (tertiary/aromatic N) is 2. The molecule has 67 heavy (non-hydrogen) atoms. The van der Waals surface area contributed by atoms with Gasteiger partial charge in [0.2, 0.25) is 0 Å². The van der Waals surface area contributed by atoms with Crippen molar-refractivity contribution in [2.75, 3.05) is 0 Å². The summed E-state index contributed by atoms with van der Waals surface area (Å²) in [4.78, 5) is 0. The Labute approximate surface area is 397 Å². The van der Waals surface area contributed by atoms with E-state index in [1.807, 2.05) is 0 Å². The molecule has 0 radical (unpaired) electrons. The summed E-state index contributed by atoms with van der Waals surface area (Å²) in [6.45, 7) is 32.7. The lowest BCUT2D eigenvalue weighted by Gasteiger charge is -2.35. The van der Waals surface area contributed by atoms with Crippen molar-refractivity contribution in [1.29, 1.82) is 0 Å². The maximum atomic E-state index is 2.77. The highest BCUT2D eigenvalue weighted by Gasteiger charge is 2.43. The largest absolute Gasteiger partial charge is 0.375 e. The molecule has 2 aliphatic rings. The van der Waals surface area contributed by atoms with E-state index in [-0.39, 0.29) is 28.5 Å². The van der Waals surface area contributed by atoms with E-state index in [9.17, 15) is 0 Å². The van der Waals surface area contributed by atoms with Crippen LogP contribution in [0.15, 0.2) is 127 Å². The Hall–Kier alpha value is -6.32. The molecule has 0 spiro atoms. The van der Waals surface area contributed by atoms with Crippen LogP contribution in [0.2, 0.25) is 0 Å². The molecule has 0 unspecified atom stereocenters. The van der Waals surface area contributed by atoms with Crippen molar-refractivity contribution in [3.8, 4) is 39.1 Å². The average molecular weight is 871 g/mol. The molecule has 0 atom stereocenters. The molecule has 0 fully saturated rings. The highest BCUT2D eigenvalue weighted by Crippen LogP contribution is 2.48. The highest BCUT2D eigenvalue weighted by molar-refractivity contribution is 6.90. The monoisotopic (exact) mass is 871 g/mol. The fourth-order valence-corrected chi connectivity index (χ4v) is 11.8. The van der Waals surface area contributed by atoms with Gasteiger partial charge in [-0.3, -0.25) is 0 Å². The fraction of sp³-hybridized carbons (Fsp3) is 0.281. The van der Waals surface area contributed by atoms with Gasteiger partial charge in [0.1, 0.15) is 0 Å². The van der Waals surface area contributed by atoms with Gasteiger partial charge >= 0.3 is 6.85 Å². The average Bonchev–Trinajstić information content (AvgIpc) is 3.78. The first-order valence-corrected chi connectivity index (χ1v) is 24.6. The normalized spacial score (nSPS) is 13.8. The molecule has 332 valence electrons. The first-order valence-electron chi connectivity index (χ1n) is 24.6. The molecule has 4 heterocycles. The summed E-state index contributed by atoms with van der Waals surface area (Å²) in [7, 11) is 0. The maximum absolute atomic E-state index is 2.77. The minimum atomic E-state index is -0.0646. The van der Waals surface area contributed by atoms with Crippen LogP contribution in [-0.4, -0.2) is 15.9 Å². The minimum Gasteiger partial charge on any atom is -0.375 e. The Balaban J connectivity index is 1.32. The number of benzene rings is 8. The third-order valence-corrected chi connectivity index (χ3v) is 15.5. The van der Waals surface area contributed by atoms with E-state index in [1.54, 1.807) is 0 Å². The predicted molar refractivity (Wildman–Crippen MR) is 292 cm³/mol. The molecule has 0 saturated heterocycles. The van der Waals surface area contributed by atoms with Crippen LogP contribution >= 0.6 is 0 Å². The van der Waals surface area contributed by atoms with Crippen molar-refractivity contribution in [2.24, 2.45) is 0 Å². The highest BCUT2D eigenvalue weighted by atomic mass is 15.0. The number of aromatic nitrogens is 2. The topological polar surface area (TPSA) is 9.86 Å². The zero-order valence-corrected chi connectivity index (χ0v) is 42.1. The van der Waals surface area contributed by atoms with Gasteiger partial charge in [-0.05, 0) is 144 Å². The van der Waals surface area contributed by atoms with Crippen molar-refractivity contribution < 1.29 is 0 Å². The first-order chi connectivity index (χ1) is 31.5. The summed E-state index contributed by atoms with van der Waals surface area (Å²) in [6, 6.07) is 51.0. The summed E-state index contributed by atoms with van der Waals surface area (Å²) in [5, 5.41) is 7.85. The second-order valence-corrected chi connectivity index (χ2v) is 24.5. The molecule has 8 aromatic carbocycles. The van der Waals surface area contributed by atoms with Crippen LogP contribution in [0.5, 0.6) is 0 Å². The van der Waals surface area contributed by atoms with Crippen molar-refractivity contribution in [2.45, 2.75) is 119 Å². The molecule has 0 amide bonds. The first kappa shape index (κ1) is 42.1. The van der Waals surface area contributed by atoms with E-state index in [0.717, 1.165) is 0 Å². The van der Waals surface area contributed by atoms with Crippen LogP contribution in [0.4, 0.5) is 0 Å². The quantitative estimate of drug-likeness (QED) is 0.153. The third kappa shape index (κ3) is 6.22. The lowest BCUT2D eigenvalue weighted by atomic mass is 9.45. The van der Waals surface area contributed by atoms with Crippen molar-refractivity contribution in [3.05, 3.63) is 161 Å². The Kier molecular flexibility index (Phi) is 8.57. The number of fused-ring (bicyclic) bond motifs is 12. The van der Waals surface area contributed by atoms with Crippen LogP contribution in [0.25, 0.3) is 93.5 Å². The Morgan fingerprint density at radius 1 is 0.388 bits per heavy atom.